The number of amides is 2. The SMILES string of the molecule is CNC(=O)c1ccc(CN(C)CC(=O)Nc2cccc(C(C)C)c2)cc1. The van der Waals surface area contributed by atoms with Crippen LogP contribution in [-0.2, 0) is 11.3 Å². The monoisotopic (exact) mass is 353 g/mol. The standard InChI is InChI=1S/C21H27N3O2/c1-15(2)18-6-5-7-19(12-18)23-20(25)14-24(4)13-16-8-10-17(11-9-16)21(26)22-3/h5-12,15H,13-14H2,1-4H3,(H,22,26)(H,23,25). The van der Waals surface area contributed by atoms with Crippen LogP contribution >= 0.6 is 0 Å². The van der Waals surface area contributed by atoms with E-state index in [1.165, 1.54) is 5.56 Å². The maximum Gasteiger partial charge on any atom is 0.251 e. The van der Waals surface area contributed by atoms with Crippen LogP contribution in [0.1, 0.15) is 41.3 Å². The Kier molecular flexibility index (Phi) is 6.92. The Hall–Kier alpha value is -2.66. The van der Waals surface area contributed by atoms with Crippen LogP contribution in [-0.4, -0.2) is 37.4 Å². The largest absolute Gasteiger partial charge is 0.355 e. The van der Waals surface area contributed by atoms with Crippen LogP contribution in [0, 0.1) is 0 Å². The topological polar surface area (TPSA) is 61.4 Å². The quantitative estimate of drug-likeness (QED) is 0.803. The van der Waals surface area contributed by atoms with E-state index in [0.717, 1.165) is 11.3 Å². The van der Waals surface area contributed by atoms with Gasteiger partial charge in [-0.25, -0.2) is 0 Å². The molecule has 0 heterocycles. The number of carbonyl (C=O) groups excluding carboxylic acids is 2. The predicted molar refractivity (Wildman–Crippen MR) is 105 cm³/mol. The molecule has 0 fully saturated rings. The summed E-state index contributed by atoms with van der Waals surface area (Å²) in [5.41, 5.74) is 3.70. The Labute approximate surface area is 155 Å². The van der Waals surface area contributed by atoms with Crippen LogP contribution in [0.25, 0.3) is 0 Å². The van der Waals surface area contributed by atoms with Gasteiger partial charge in [0.15, 0.2) is 0 Å². The minimum Gasteiger partial charge on any atom is -0.355 e. The molecule has 138 valence electrons. The molecule has 0 aromatic heterocycles. The average molecular weight is 353 g/mol. The molecular formula is C21H27N3O2. The van der Waals surface area contributed by atoms with Gasteiger partial charge in [-0.2, -0.15) is 0 Å². The van der Waals surface area contributed by atoms with Gasteiger partial charge in [0.25, 0.3) is 5.91 Å². The fourth-order valence-corrected chi connectivity index (χ4v) is 2.69. The lowest BCUT2D eigenvalue weighted by molar-refractivity contribution is -0.117. The highest BCUT2D eigenvalue weighted by Gasteiger charge is 2.09. The molecule has 0 bridgehead atoms. The van der Waals surface area contributed by atoms with E-state index in [0.29, 0.717) is 24.6 Å². The van der Waals surface area contributed by atoms with Gasteiger partial charge >= 0.3 is 0 Å². The highest BCUT2D eigenvalue weighted by Crippen LogP contribution is 2.18. The fraction of sp³-hybridized carbons (Fsp3) is 0.333. The summed E-state index contributed by atoms with van der Waals surface area (Å²) in [6, 6.07) is 15.3. The highest BCUT2D eigenvalue weighted by atomic mass is 16.2. The number of hydrogen-bond acceptors (Lipinski definition) is 3. The summed E-state index contributed by atoms with van der Waals surface area (Å²) in [4.78, 5) is 25.8. The smallest absolute Gasteiger partial charge is 0.251 e. The van der Waals surface area contributed by atoms with Crippen molar-refractivity contribution in [3.8, 4) is 0 Å². The Morgan fingerprint density at radius 3 is 2.38 bits per heavy atom. The van der Waals surface area contributed by atoms with E-state index in [-0.39, 0.29) is 11.8 Å². The molecule has 26 heavy (non-hydrogen) atoms. The first-order valence-corrected chi connectivity index (χ1v) is 8.78. The molecule has 0 aliphatic heterocycles. The van der Waals surface area contributed by atoms with E-state index in [9.17, 15) is 9.59 Å². The van der Waals surface area contributed by atoms with Gasteiger partial charge in [0.1, 0.15) is 0 Å². The summed E-state index contributed by atoms with van der Waals surface area (Å²) in [6.45, 7) is 5.19. The van der Waals surface area contributed by atoms with Gasteiger partial charge in [-0.05, 0) is 48.4 Å². The highest BCUT2D eigenvalue weighted by molar-refractivity contribution is 5.94. The third-order valence-corrected chi connectivity index (χ3v) is 4.15. The summed E-state index contributed by atoms with van der Waals surface area (Å²) in [7, 11) is 3.51. The molecule has 5 nitrogen and oxygen atoms in total. The molecule has 0 radical (unpaired) electrons. The van der Waals surface area contributed by atoms with E-state index >= 15 is 0 Å². The molecule has 2 rings (SSSR count). The van der Waals surface area contributed by atoms with Crippen molar-refractivity contribution in [2.75, 3.05) is 26.0 Å². The molecule has 2 aromatic carbocycles. The molecular weight excluding hydrogens is 326 g/mol. The number of benzene rings is 2. The first-order chi connectivity index (χ1) is 12.4. The molecule has 5 heteroatoms. The fourth-order valence-electron chi connectivity index (χ4n) is 2.69. The normalized spacial score (nSPS) is 10.8. The van der Waals surface area contributed by atoms with Gasteiger partial charge < -0.3 is 10.6 Å². The summed E-state index contributed by atoms with van der Waals surface area (Å²) in [5, 5.41) is 5.55. The number of nitrogens with one attached hydrogen (secondary N) is 2. The molecule has 0 saturated heterocycles. The number of carbonyl (C=O) groups is 2. The second kappa shape index (κ2) is 9.15. The average Bonchev–Trinajstić information content (AvgIpc) is 2.61. The third kappa shape index (κ3) is 5.70. The predicted octanol–water partition coefficient (Wildman–Crippen LogP) is 3.24. The molecule has 2 amide bonds. The first kappa shape index (κ1) is 19.7. The minimum absolute atomic E-state index is 0.0459. The molecule has 0 unspecified atom stereocenters. The summed E-state index contributed by atoms with van der Waals surface area (Å²) < 4.78 is 0. The van der Waals surface area contributed by atoms with Crippen molar-refractivity contribution in [3.63, 3.8) is 0 Å². The van der Waals surface area contributed by atoms with Crippen molar-refractivity contribution in [1.29, 1.82) is 0 Å². The van der Waals surface area contributed by atoms with E-state index in [2.05, 4.69) is 30.5 Å². The van der Waals surface area contributed by atoms with E-state index in [1.54, 1.807) is 19.2 Å². The molecule has 0 spiro atoms. The lowest BCUT2D eigenvalue weighted by Crippen LogP contribution is -2.29. The molecule has 0 aliphatic carbocycles. The van der Waals surface area contributed by atoms with Gasteiger partial charge in [0, 0.05) is 24.8 Å². The van der Waals surface area contributed by atoms with Crippen molar-refractivity contribution >= 4 is 17.5 Å². The molecule has 0 aliphatic rings. The van der Waals surface area contributed by atoms with Crippen molar-refractivity contribution in [1.82, 2.24) is 10.2 Å². The number of likely N-dealkylation sites (N-methyl/N-ethyl adjacent to an activating group) is 1. The maximum atomic E-state index is 12.3. The van der Waals surface area contributed by atoms with Crippen molar-refractivity contribution in [2.45, 2.75) is 26.3 Å². The van der Waals surface area contributed by atoms with Crippen molar-refractivity contribution in [3.05, 3.63) is 65.2 Å². The third-order valence-electron chi connectivity index (χ3n) is 4.15. The molecule has 0 saturated carbocycles. The number of hydrogen-bond donors (Lipinski definition) is 2. The van der Waals surface area contributed by atoms with Gasteiger partial charge in [-0.15, -0.1) is 0 Å². The van der Waals surface area contributed by atoms with Crippen LogP contribution in [0.4, 0.5) is 5.69 Å². The Morgan fingerprint density at radius 2 is 1.77 bits per heavy atom. The van der Waals surface area contributed by atoms with Crippen LogP contribution < -0.4 is 10.6 Å². The number of rotatable bonds is 7. The van der Waals surface area contributed by atoms with Crippen LogP contribution in [0.3, 0.4) is 0 Å². The molecule has 2 aromatic rings. The van der Waals surface area contributed by atoms with Crippen LogP contribution in [0.2, 0.25) is 0 Å². The van der Waals surface area contributed by atoms with Crippen LogP contribution in [0.15, 0.2) is 48.5 Å². The summed E-state index contributed by atoms with van der Waals surface area (Å²) in [6.07, 6.45) is 0. The van der Waals surface area contributed by atoms with E-state index < -0.39 is 0 Å². The van der Waals surface area contributed by atoms with Gasteiger partial charge in [0.05, 0.1) is 6.54 Å². The van der Waals surface area contributed by atoms with Gasteiger partial charge in [-0.3, -0.25) is 14.5 Å². The zero-order valence-electron chi connectivity index (χ0n) is 15.9. The number of anilines is 1. The maximum absolute atomic E-state index is 12.3. The van der Waals surface area contributed by atoms with Crippen molar-refractivity contribution in [2.24, 2.45) is 0 Å². The second-order valence-corrected chi connectivity index (χ2v) is 6.78. The Balaban J connectivity index is 1.89. The zero-order valence-corrected chi connectivity index (χ0v) is 15.9. The Bertz CT molecular complexity index is 754. The second-order valence-electron chi connectivity index (χ2n) is 6.78. The molecule has 0 atom stereocenters. The van der Waals surface area contributed by atoms with Gasteiger partial charge in [0.2, 0.25) is 5.91 Å². The number of nitrogens with zero attached hydrogens (tertiary/aromatic N) is 1. The lowest BCUT2D eigenvalue weighted by Gasteiger charge is -2.17. The summed E-state index contributed by atoms with van der Waals surface area (Å²) >= 11 is 0. The van der Waals surface area contributed by atoms with Gasteiger partial charge in [-0.1, -0.05) is 38.1 Å². The molecule has 2 N–H and O–H groups in total. The minimum atomic E-state index is -0.104. The van der Waals surface area contributed by atoms with Crippen LogP contribution in [0.5, 0.6) is 0 Å². The van der Waals surface area contributed by atoms with E-state index in [1.807, 2.05) is 42.3 Å². The summed E-state index contributed by atoms with van der Waals surface area (Å²) in [5.74, 6) is 0.274. The Morgan fingerprint density at radius 1 is 1.08 bits per heavy atom. The first-order valence-electron chi connectivity index (χ1n) is 8.78. The van der Waals surface area contributed by atoms with E-state index in [4.69, 9.17) is 0 Å². The zero-order chi connectivity index (χ0) is 19.1. The van der Waals surface area contributed by atoms with Crippen molar-refractivity contribution < 1.29 is 9.59 Å². The lowest BCUT2D eigenvalue weighted by atomic mass is 10.0.